The summed E-state index contributed by atoms with van der Waals surface area (Å²) in [5, 5.41) is 15.0. The fourth-order valence-electron chi connectivity index (χ4n) is 1.82. The molecule has 88 valence electrons. The SMILES string of the molecule is CCC(CC(N)=NO)NC1CCCOC1. The van der Waals surface area contributed by atoms with Crippen molar-refractivity contribution in [2.45, 2.75) is 44.7 Å². The second-order valence-electron chi connectivity index (χ2n) is 3.98. The maximum atomic E-state index is 8.50. The summed E-state index contributed by atoms with van der Waals surface area (Å²) in [6.45, 7) is 3.73. The van der Waals surface area contributed by atoms with Crippen LogP contribution >= 0.6 is 0 Å². The fourth-order valence-corrected chi connectivity index (χ4v) is 1.82. The highest BCUT2D eigenvalue weighted by atomic mass is 16.5. The summed E-state index contributed by atoms with van der Waals surface area (Å²) in [4.78, 5) is 0. The maximum absolute atomic E-state index is 8.50. The van der Waals surface area contributed by atoms with Gasteiger partial charge in [0.25, 0.3) is 0 Å². The highest BCUT2D eigenvalue weighted by Gasteiger charge is 2.18. The van der Waals surface area contributed by atoms with Crippen LogP contribution < -0.4 is 11.1 Å². The molecule has 4 N–H and O–H groups in total. The Labute approximate surface area is 90.7 Å². The van der Waals surface area contributed by atoms with E-state index < -0.39 is 0 Å². The highest BCUT2D eigenvalue weighted by molar-refractivity contribution is 5.80. The van der Waals surface area contributed by atoms with Crippen molar-refractivity contribution in [1.82, 2.24) is 5.32 Å². The molecule has 0 aromatic rings. The largest absolute Gasteiger partial charge is 0.409 e. The van der Waals surface area contributed by atoms with Gasteiger partial charge in [0.05, 0.1) is 6.61 Å². The predicted molar refractivity (Wildman–Crippen MR) is 59.1 cm³/mol. The van der Waals surface area contributed by atoms with Crippen molar-refractivity contribution in [3.63, 3.8) is 0 Å². The minimum Gasteiger partial charge on any atom is -0.409 e. The van der Waals surface area contributed by atoms with E-state index in [-0.39, 0.29) is 11.9 Å². The number of hydrogen-bond donors (Lipinski definition) is 3. The number of amidine groups is 1. The van der Waals surface area contributed by atoms with E-state index in [4.69, 9.17) is 15.7 Å². The quantitative estimate of drug-likeness (QED) is 0.272. The zero-order valence-electron chi connectivity index (χ0n) is 9.28. The lowest BCUT2D eigenvalue weighted by Gasteiger charge is -2.27. The topological polar surface area (TPSA) is 79.9 Å². The van der Waals surface area contributed by atoms with Gasteiger partial charge in [0.1, 0.15) is 5.84 Å². The summed E-state index contributed by atoms with van der Waals surface area (Å²) in [5.74, 6) is 0.283. The summed E-state index contributed by atoms with van der Waals surface area (Å²) in [6.07, 6.45) is 3.81. The van der Waals surface area contributed by atoms with Gasteiger partial charge in [0.15, 0.2) is 0 Å². The lowest BCUT2D eigenvalue weighted by molar-refractivity contribution is 0.0664. The van der Waals surface area contributed by atoms with Crippen LogP contribution in [0.2, 0.25) is 0 Å². The van der Waals surface area contributed by atoms with Gasteiger partial charge in [0, 0.05) is 25.1 Å². The van der Waals surface area contributed by atoms with Gasteiger partial charge in [0.2, 0.25) is 0 Å². The Hall–Kier alpha value is -0.810. The molecule has 0 amide bonds. The molecular weight excluding hydrogens is 194 g/mol. The Morgan fingerprint density at radius 2 is 2.53 bits per heavy atom. The van der Waals surface area contributed by atoms with Crippen LogP contribution in [0.25, 0.3) is 0 Å². The molecule has 0 aliphatic carbocycles. The Morgan fingerprint density at radius 1 is 1.73 bits per heavy atom. The summed E-state index contributed by atoms with van der Waals surface area (Å²) in [5.41, 5.74) is 5.48. The molecule has 0 aromatic carbocycles. The van der Waals surface area contributed by atoms with Crippen LogP contribution in [0.5, 0.6) is 0 Å². The molecule has 1 aliphatic rings. The summed E-state index contributed by atoms with van der Waals surface area (Å²) in [7, 11) is 0. The third-order valence-electron chi connectivity index (χ3n) is 2.71. The molecular formula is C10H21N3O2. The second kappa shape index (κ2) is 6.63. The third kappa shape index (κ3) is 4.48. The number of ether oxygens (including phenoxy) is 1. The molecule has 1 aliphatic heterocycles. The normalized spacial score (nSPS) is 25.1. The van der Waals surface area contributed by atoms with Gasteiger partial charge in [-0.15, -0.1) is 0 Å². The van der Waals surface area contributed by atoms with Crippen LogP contribution in [0.15, 0.2) is 5.16 Å². The number of rotatable bonds is 5. The Morgan fingerprint density at radius 3 is 3.07 bits per heavy atom. The van der Waals surface area contributed by atoms with Gasteiger partial charge in [-0.05, 0) is 19.3 Å². The monoisotopic (exact) mass is 215 g/mol. The minimum absolute atomic E-state index is 0.271. The molecule has 0 saturated carbocycles. The van der Waals surface area contributed by atoms with Crippen LogP contribution in [-0.4, -0.2) is 36.3 Å². The van der Waals surface area contributed by atoms with E-state index in [0.717, 1.165) is 32.5 Å². The second-order valence-corrected chi connectivity index (χ2v) is 3.98. The average Bonchev–Trinajstić information content (AvgIpc) is 2.29. The van der Waals surface area contributed by atoms with Gasteiger partial charge >= 0.3 is 0 Å². The molecule has 0 radical (unpaired) electrons. The predicted octanol–water partition coefficient (Wildman–Crippen LogP) is 0.670. The average molecular weight is 215 g/mol. The number of oxime groups is 1. The molecule has 1 saturated heterocycles. The molecule has 0 aromatic heterocycles. The molecule has 0 spiro atoms. The van der Waals surface area contributed by atoms with E-state index in [2.05, 4.69) is 17.4 Å². The number of nitrogens with two attached hydrogens (primary N) is 1. The lowest BCUT2D eigenvalue weighted by Crippen LogP contribution is -2.44. The van der Waals surface area contributed by atoms with Gasteiger partial charge in [-0.3, -0.25) is 0 Å². The van der Waals surface area contributed by atoms with E-state index in [1.54, 1.807) is 0 Å². The summed E-state index contributed by atoms with van der Waals surface area (Å²) in [6, 6.07) is 0.683. The first-order valence-corrected chi connectivity index (χ1v) is 5.56. The Bertz CT molecular complexity index is 203. The highest BCUT2D eigenvalue weighted by Crippen LogP contribution is 2.09. The molecule has 1 heterocycles. The van der Waals surface area contributed by atoms with Crippen LogP contribution in [0, 0.1) is 0 Å². The van der Waals surface area contributed by atoms with E-state index in [1.165, 1.54) is 0 Å². The number of hydrogen-bond acceptors (Lipinski definition) is 4. The maximum Gasteiger partial charge on any atom is 0.140 e. The molecule has 15 heavy (non-hydrogen) atoms. The first-order chi connectivity index (χ1) is 7.26. The number of nitrogens with zero attached hydrogens (tertiary/aromatic N) is 1. The van der Waals surface area contributed by atoms with E-state index in [1.807, 2.05) is 0 Å². The minimum atomic E-state index is 0.271. The van der Waals surface area contributed by atoms with Crippen LogP contribution in [0.4, 0.5) is 0 Å². The zero-order chi connectivity index (χ0) is 11.1. The molecule has 0 bridgehead atoms. The third-order valence-corrected chi connectivity index (χ3v) is 2.71. The van der Waals surface area contributed by atoms with Crippen molar-refractivity contribution in [3.8, 4) is 0 Å². The molecule has 2 unspecified atom stereocenters. The Balaban J connectivity index is 2.31. The molecule has 5 heteroatoms. The van der Waals surface area contributed by atoms with Crippen molar-refractivity contribution < 1.29 is 9.94 Å². The summed E-state index contributed by atoms with van der Waals surface area (Å²) >= 11 is 0. The molecule has 5 nitrogen and oxygen atoms in total. The van der Waals surface area contributed by atoms with Crippen molar-refractivity contribution in [1.29, 1.82) is 0 Å². The van der Waals surface area contributed by atoms with Gasteiger partial charge in [-0.25, -0.2) is 0 Å². The molecule has 1 rings (SSSR count). The van der Waals surface area contributed by atoms with Crippen LogP contribution in [-0.2, 0) is 4.74 Å². The first kappa shape index (κ1) is 12.3. The van der Waals surface area contributed by atoms with E-state index in [0.29, 0.717) is 12.5 Å². The van der Waals surface area contributed by atoms with Crippen molar-refractivity contribution in [2.24, 2.45) is 10.9 Å². The Kier molecular flexibility index (Phi) is 5.42. The van der Waals surface area contributed by atoms with Crippen molar-refractivity contribution >= 4 is 5.84 Å². The zero-order valence-corrected chi connectivity index (χ0v) is 9.28. The van der Waals surface area contributed by atoms with E-state index in [9.17, 15) is 0 Å². The van der Waals surface area contributed by atoms with Crippen LogP contribution in [0.3, 0.4) is 0 Å². The van der Waals surface area contributed by atoms with Crippen LogP contribution in [0.1, 0.15) is 32.6 Å². The van der Waals surface area contributed by atoms with Crippen molar-refractivity contribution in [2.75, 3.05) is 13.2 Å². The molecule has 1 fully saturated rings. The number of nitrogens with one attached hydrogen (secondary N) is 1. The smallest absolute Gasteiger partial charge is 0.140 e. The van der Waals surface area contributed by atoms with Gasteiger partial charge in [-0.1, -0.05) is 12.1 Å². The van der Waals surface area contributed by atoms with Gasteiger partial charge in [-0.2, -0.15) is 0 Å². The van der Waals surface area contributed by atoms with Gasteiger partial charge < -0.3 is 21.0 Å². The standard InChI is InChI=1S/C10H21N3O2/c1-2-8(6-10(11)13-14)12-9-4-3-5-15-7-9/h8-9,12,14H,2-7H2,1H3,(H2,11,13). The van der Waals surface area contributed by atoms with Crippen molar-refractivity contribution in [3.05, 3.63) is 0 Å². The fraction of sp³-hybridized carbons (Fsp3) is 0.900. The summed E-state index contributed by atoms with van der Waals surface area (Å²) < 4.78 is 5.39. The van der Waals surface area contributed by atoms with E-state index >= 15 is 0 Å². The first-order valence-electron chi connectivity index (χ1n) is 5.56. The lowest BCUT2D eigenvalue weighted by atomic mass is 10.1. The molecule has 2 atom stereocenters.